The molecule has 0 bridgehead atoms. The number of amides is 1. The smallest absolute Gasteiger partial charge is 0.234 e. The average Bonchev–Trinajstić information content (AvgIpc) is 3.23. The minimum atomic E-state index is -0.152. The fourth-order valence-corrected chi connectivity index (χ4v) is 4.59. The van der Waals surface area contributed by atoms with Crippen molar-refractivity contribution >= 4 is 34.4 Å². The average molecular weight is 478 g/mol. The SMILES string of the molecule is COc1cc(NC(=O)CSc2nc3ccccc3n2CCc2ccccc2)cc(OC)c1OC. The van der Waals surface area contributed by atoms with E-state index < -0.39 is 0 Å². The zero-order valence-corrected chi connectivity index (χ0v) is 20.2. The number of aryl methyl sites for hydroxylation is 2. The Balaban J connectivity index is 1.48. The Labute approximate surface area is 203 Å². The third-order valence-corrected chi connectivity index (χ3v) is 6.34. The van der Waals surface area contributed by atoms with Crippen LogP contribution in [-0.2, 0) is 17.8 Å². The van der Waals surface area contributed by atoms with Gasteiger partial charge in [0.25, 0.3) is 0 Å². The molecule has 0 saturated carbocycles. The number of para-hydroxylation sites is 2. The molecule has 1 heterocycles. The summed E-state index contributed by atoms with van der Waals surface area (Å²) in [6.07, 6.45) is 0.881. The fraction of sp³-hybridized carbons (Fsp3) is 0.231. The van der Waals surface area contributed by atoms with Crippen LogP contribution in [0, 0.1) is 0 Å². The summed E-state index contributed by atoms with van der Waals surface area (Å²) >= 11 is 1.42. The van der Waals surface area contributed by atoms with Crippen molar-refractivity contribution in [1.82, 2.24) is 9.55 Å². The molecule has 0 aliphatic heterocycles. The van der Waals surface area contributed by atoms with Gasteiger partial charge in [-0.25, -0.2) is 4.98 Å². The maximum atomic E-state index is 12.8. The summed E-state index contributed by atoms with van der Waals surface area (Å²) in [7, 11) is 4.62. The third kappa shape index (κ3) is 5.28. The highest BCUT2D eigenvalue weighted by Gasteiger charge is 2.16. The zero-order chi connectivity index (χ0) is 23.9. The number of nitrogens with zero attached hydrogens (tertiary/aromatic N) is 2. The van der Waals surface area contributed by atoms with E-state index in [1.807, 2.05) is 36.4 Å². The van der Waals surface area contributed by atoms with Gasteiger partial charge in [-0.05, 0) is 24.1 Å². The summed E-state index contributed by atoms with van der Waals surface area (Å²) < 4.78 is 18.3. The molecule has 0 saturated heterocycles. The standard InChI is InChI=1S/C26H27N3O4S/c1-31-22-15-19(16-23(32-2)25(22)33-3)27-24(30)17-34-26-28-20-11-7-8-12-21(20)29(26)14-13-18-9-5-4-6-10-18/h4-12,15-16H,13-14,17H2,1-3H3,(H,27,30). The highest BCUT2D eigenvalue weighted by Crippen LogP contribution is 2.40. The summed E-state index contributed by atoms with van der Waals surface area (Å²) in [4.78, 5) is 17.5. The number of ether oxygens (including phenoxy) is 3. The summed E-state index contributed by atoms with van der Waals surface area (Å²) in [5, 5.41) is 3.73. The molecule has 0 fully saturated rings. The predicted molar refractivity (Wildman–Crippen MR) is 135 cm³/mol. The Hall–Kier alpha value is -3.65. The van der Waals surface area contributed by atoms with E-state index in [9.17, 15) is 4.79 Å². The monoisotopic (exact) mass is 477 g/mol. The molecule has 1 amide bonds. The van der Waals surface area contributed by atoms with Crippen LogP contribution in [-0.4, -0.2) is 42.5 Å². The molecule has 8 heteroatoms. The third-order valence-electron chi connectivity index (χ3n) is 5.37. The van der Waals surface area contributed by atoms with Crippen molar-refractivity contribution in [3.05, 3.63) is 72.3 Å². The Morgan fingerprint density at radius 1 is 0.941 bits per heavy atom. The lowest BCUT2D eigenvalue weighted by atomic mass is 10.1. The van der Waals surface area contributed by atoms with Crippen molar-refractivity contribution in [2.24, 2.45) is 0 Å². The molecule has 176 valence electrons. The summed E-state index contributed by atoms with van der Waals surface area (Å²) in [6.45, 7) is 0.779. The van der Waals surface area contributed by atoms with Crippen molar-refractivity contribution in [3.63, 3.8) is 0 Å². The number of hydrogen-bond donors (Lipinski definition) is 1. The Bertz CT molecular complexity index is 1250. The maximum Gasteiger partial charge on any atom is 0.234 e. The van der Waals surface area contributed by atoms with Crippen molar-refractivity contribution in [3.8, 4) is 17.2 Å². The second-order valence-electron chi connectivity index (χ2n) is 7.52. The lowest BCUT2D eigenvalue weighted by Crippen LogP contribution is -2.15. The minimum Gasteiger partial charge on any atom is -0.493 e. The van der Waals surface area contributed by atoms with Gasteiger partial charge in [0.15, 0.2) is 16.7 Å². The van der Waals surface area contributed by atoms with Gasteiger partial charge >= 0.3 is 0 Å². The van der Waals surface area contributed by atoms with Crippen LogP contribution in [0.3, 0.4) is 0 Å². The first-order valence-electron chi connectivity index (χ1n) is 10.8. The first kappa shape index (κ1) is 23.5. The lowest BCUT2D eigenvalue weighted by molar-refractivity contribution is -0.113. The summed E-state index contributed by atoms with van der Waals surface area (Å²) in [6, 6.07) is 21.8. The van der Waals surface area contributed by atoms with E-state index >= 15 is 0 Å². The van der Waals surface area contributed by atoms with Gasteiger partial charge in [0, 0.05) is 24.4 Å². The van der Waals surface area contributed by atoms with Crippen LogP contribution in [0.4, 0.5) is 5.69 Å². The van der Waals surface area contributed by atoms with E-state index in [1.165, 1.54) is 17.3 Å². The number of hydrogen-bond acceptors (Lipinski definition) is 6. The van der Waals surface area contributed by atoms with Crippen LogP contribution in [0.5, 0.6) is 17.2 Å². The van der Waals surface area contributed by atoms with E-state index in [4.69, 9.17) is 19.2 Å². The molecule has 0 aliphatic rings. The van der Waals surface area contributed by atoms with E-state index in [2.05, 4.69) is 28.1 Å². The van der Waals surface area contributed by atoms with E-state index in [0.29, 0.717) is 22.9 Å². The van der Waals surface area contributed by atoms with Crippen LogP contribution in [0.15, 0.2) is 71.9 Å². The van der Waals surface area contributed by atoms with Gasteiger partial charge in [0.2, 0.25) is 11.7 Å². The summed E-state index contributed by atoms with van der Waals surface area (Å²) in [5.74, 6) is 1.50. The number of imidazole rings is 1. The maximum absolute atomic E-state index is 12.8. The highest BCUT2D eigenvalue weighted by molar-refractivity contribution is 7.99. The fourth-order valence-electron chi connectivity index (χ4n) is 3.75. The van der Waals surface area contributed by atoms with Gasteiger partial charge in [-0.1, -0.05) is 54.2 Å². The first-order valence-corrected chi connectivity index (χ1v) is 11.8. The number of rotatable bonds is 10. The van der Waals surface area contributed by atoms with Crippen molar-refractivity contribution in [2.45, 2.75) is 18.1 Å². The molecule has 1 aromatic heterocycles. The molecule has 4 aromatic rings. The molecule has 0 aliphatic carbocycles. The normalized spacial score (nSPS) is 10.8. The van der Waals surface area contributed by atoms with Gasteiger partial charge in [0.05, 0.1) is 38.1 Å². The zero-order valence-electron chi connectivity index (χ0n) is 19.4. The van der Waals surface area contributed by atoms with Crippen LogP contribution < -0.4 is 19.5 Å². The van der Waals surface area contributed by atoms with Crippen LogP contribution in [0.25, 0.3) is 11.0 Å². The molecule has 1 N–H and O–H groups in total. The predicted octanol–water partition coefficient (Wildman–Crippen LogP) is 5.04. The molecule has 0 unspecified atom stereocenters. The highest BCUT2D eigenvalue weighted by atomic mass is 32.2. The first-order chi connectivity index (χ1) is 16.6. The van der Waals surface area contributed by atoms with Crippen LogP contribution in [0.2, 0.25) is 0 Å². The van der Waals surface area contributed by atoms with E-state index in [0.717, 1.165) is 29.2 Å². The number of anilines is 1. The van der Waals surface area contributed by atoms with Crippen molar-refractivity contribution < 1.29 is 19.0 Å². The number of thioether (sulfide) groups is 1. The van der Waals surface area contributed by atoms with Gasteiger partial charge in [-0.15, -0.1) is 0 Å². The molecular formula is C26H27N3O4S. The molecule has 0 radical (unpaired) electrons. The second kappa shape index (κ2) is 11.0. The molecule has 0 atom stereocenters. The Morgan fingerprint density at radius 3 is 2.29 bits per heavy atom. The number of carbonyl (C=O) groups excluding carboxylic acids is 1. The largest absolute Gasteiger partial charge is 0.493 e. The molecule has 34 heavy (non-hydrogen) atoms. The van der Waals surface area contributed by atoms with Gasteiger partial charge in [0.1, 0.15) is 0 Å². The number of nitrogens with one attached hydrogen (secondary N) is 1. The molecule has 4 rings (SSSR count). The van der Waals surface area contributed by atoms with Crippen molar-refractivity contribution in [2.75, 3.05) is 32.4 Å². The Morgan fingerprint density at radius 2 is 1.62 bits per heavy atom. The van der Waals surface area contributed by atoms with Crippen LogP contribution in [0.1, 0.15) is 5.56 Å². The second-order valence-corrected chi connectivity index (χ2v) is 8.46. The Kier molecular flexibility index (Phi) is 7.59. The molecular weight excluding hydrogens is 450 g/mol. The van der Waals surface area contributed by atoms with Crippen molar-refractivity contribution in [1.29, 1.82) is 0 Å². The van der Waals surface area contributed by atoms with E-state index in [1.54, 1.807) is 33.5 Å². The number of fused-ring (bicyclic) bond motifs is 1. The minimum absolute atomic E-state index is 0.152. The van der Waals surface area contributed by atoms with Gasteiger partial charge in [-0.3, -0.25) is 4.79 Å². The number of methoxy groups -OCH3 is 3. The van der Waals surface area contributed by atoms with Gasteiger partial charge < -0.3 is 24.1 Å². The molecule has 0 spiro atoms. The summed E-state index contributed by atoms with van der Waals surface area (Å²) in [5.41, 5.74) is 3.81. The lowest BCUT2D eigenvalue weighted by Gasteiger charge is -2.14. The van der Waals surface area contributed by atoms with Gasteiger partial charge in [-0.2, -0.15) is 0 Å². The van der Waals surface area contributed by atoms with E-state index in [-0.39, 0.29) is 11.7 Å². The topological polar surface area (TPSA) is 74.6 Å². The number of aromatic nitrogens is 2. The van der Waals surface area contributed by atoms with Crippen LogP contribution >= 0.6 is 11.8 Å². The molecule has 7 nitrogen and oxygen atoms in total. The number of benzene rings is 3. The number of carbonyl (C=O) groups is 1. The molecule has 3 aromatic carbocycles. The quantitative estimate of drug-likeness (QED) is 0.323.